The lowest BCUT2D eigenvalue weighted by atomic mass is 10.2. The predicted octanol–water partition coefficient (Wildman–Crippen LogP) is 4.21. The Morgan fingerprint density at radius 1 is 1.10 bits per heavy atom. The van der Waals surface area contributed by atoms with Crippen LogP contribution in [0.15, 0.2) is 47.6 Å². The van der Waals surface area contributed by atoms with Gasteiger partial charge in [-0.05, 0) is 43.2 Å². The minimum Gasteiger partial charge on any atom is -0.378 e. The molecule has 0 atom stereocenters. The highest BCUT2D eigenvalue weighted by Crippen LogP contribution is 2.27. The van der Waals surface area contributed by atoms with Gasteiger partial charge in [0.1, 0.15) is 5.52 Å². The number of hydrogen-bond donors (Lipinski definition) is 1. The molecule has 7 nitrogen and oxygen atoms in total. The first-order valence-corrected chi connectivity index (χ1v) is 9.76. The van der Waals surface area contributed by atoms with Gasteiger partial charge in [-0.15, -0.1) is 10.2 Å². The lowest BCUT2D eigenvalue weighted by Gasteiger charge is -2.11. The molecule has 4 rings (SSSR count). The first-order valence-electron chi connectivity index (χ1n) is 9.76. The highest BCUT2D eigenvalue weighted by Gasteiger charge is 2.14. The summed E-state index contributed by atoms with van der Waals surface area (Å²) in [5.74, 6) is 0.385. The minimum absolute atomic E-state index is 0.385. The summed E-state index contributed by atoms with van der Waals surface area (Å²) in [7, 11) is 4.04. The number of aromatic nitrogens is 4. The third-order valence-electron chi connectivity index (χ3n) is 4.86. The molecule has 148 valence electrons. The molecule has 0 saturated heterocycles. The number of hydrogen-bond acceptors (Lipinski definition) is 6. The van der Waals surface area contributed by atoms with Crippen LogP contribution < -0.4 is 10.3 Å². The van der Waals surface area contributed by atoms with Crippen molar-refractivity contribution in [2.75, 3.05) is 24.4 Å². The summed E-state index contributed by atoms with van der Waals surface area (Å²) in [6.07, 6.45) is 2.76. The maximum absolute atomic E-state index is 4.69. The lowest BCUT2D eigenvalue weighted by molar-refractivity contribution is 0.716. The van der Waals surface area contributed by atoms with Crippen LogP contribution in [0.5, 0.6) is 0 Å². The third kappa shape index (κ3) is 3.76. The Hall–Kier alpha value is -3.48. The van der Waals surface area contributed by atoms with Gasteiger partial charge in [0.05, 0.1) is 11.7 Å². The number of fused-ring (bicyclic) bond motifs is 3. The molecule has 1 N–H and O–H groups in total. The molecule has 0 spiro atoms. The fraction of sp³-hybridized carbons (Fsp3) is 0.273. The van der Waals surface area contributed by atoms with Gasteiger partial charge in [0.25, 0.3) is 5.95 Å². The molecule has 0 amide bonds. The summed E-state index contributed by atoms with van der Waals surface area (Å²) < 4.78 is 2.20. The molecule has 2 aromatic heterocycles. The average molecular weight is 387 g/mol. The largest absolute Gasteiger partial charge is 0.378 e. The van der Waals surface area contributed by atoms with Crippen molar-refractivity contribution in [2.45, 2.75) is 26.8 Å². The predicted molar refractivity (Wildman–Crippen MR) is 120 cm³/mol. The van der Waals surface area contributed by atoms with Crippen LogP contribution in [0.1, 0.15) is 24.5 Å². The summed E-state index contributed by atoms with van der Waals surface area (Å²) in [6.45, 7) is 5.12. The average Bonchev–Trinajstić information content (AvgIpc) is 3.01. The molecule has 29 heavy (non-hydrogen) atoms. The van der Waals surface area contributed by atoms with Gasteiger partial charge in [0.2, 0.25) is 0 Å². The highest BCUT2D eigenvalue weighted by molar-refractivity contribution is 6.04. The monoisotopic (exact) mass is 387 g/mol. The molecule has 0 aliphatic carbocycles. The number of nitrogens with zero attached hydrogens (tertiary/aromatic N) is 6. The molecule has 0 aliphatic rings. The molecule has 2 aromatic carbocycles. The number of benzene rings is 2. The second kappa shape index (κ2) is 7.87. The van der Waals surface area contributed by atoms with E-state index >= 15 is 0 Å². The van der Waals surface area contributed by atoms with Crippen molar-refractivity contribution in [1.29, 1.82) is 0 Å². The standard InChI is InChI=1S/C22H25N7/c1-5-12-29-19-11-6-15(2)13-18(19)20-21(29)24-22(27-25-20)26-23-14-16-7-9-17(10-8-16)28(3)4/h6-11,13-14H,5,12H2,1-4H3,(H,24,26,27)/b23-14+. The maximum Gasteiger partial charge on any atom is 0.265 e. The van der Waals surface area contributed by atoms with E-state index < -0.39 is 0 Å². The van der Waals surface area contributed by atoms with E-state index in [9.17, 15) is 0 Å². The quantitative estimate of drug-likeness (QED) is 0.396. The van der Waals surface area contributed by atoms with E-state index in [4.69, 9.17) is 0 Å². The number of rotatable bonds is 6. The van der Waals surface area contributed by atoms with E-state index in [1.165, 1.54) is 5.56 Å². The molecule has 0 saturated carbocycles. The Morgan fingerprint density at radius 3 is 2.62 bits per heavy atom. The van der Waals surface area contributed by atoms with Gasteiger partial charge in [-0.1, -0.05) is 30.7 Å². The van der Waals surface area contributed by atoms with Crippen molar-refractivity contribution in [1.82, 2.24) is 19.7 Å². The first kappa shape index (κ1) is 18.9. The molecule has 0 bridgehead atoms. The van der Waals surface area contributed by atoms with Crippen molar-refractivity contribution in [3.63, 3.8) is 0 Å². The summed E-state index contributed by atoms with van der Waals surface area (Å²) in [5.41, 5.74) is 9.03. The normalized spacial score (nSPS) is 11.6. The van der Waals surface area contributed by atoms with Crippen molar-refractivity contribution < 1.29 is 0 Å². The smallest absolute Gasteiger partial charge is 0.265 e. The Balaban J connectivity index is 1.63. The zero-order valence-electron chi connectivity index (χ0n) is 17.2. The molecule has 0 fully saturated rings. The fourth-order valence-corrected chi connectivity index (χ4v) is 3.39. The SMILES string of the molecule is CCCn1c2ccc(C)cc2c2nnc(N/N=C/c3ccc(N(C)C)cc3)nc21. The zero-order valence-corrected chi connectivity index (χ0v) is 17.2. The van der Waals surface area contributed by atoms with Gasteiger partial charge in [-0.2, -0.15) is 10.1 Å². The van der Waals surface area contributed by atoms with Crippen molar-refractivity contribution in [2.24, 2.45) is 5.10 Å². The van der Waals surface area contributed by atoms with E-state index in [0.29, 0.717) is 5.95 Å². The number of nitrogens with one attached hydrogen (secondary N) is 1. The molecule has 0 radical (unpaired) electrons. The second-order valence-corrected chi connectivity index (χ2v) is 7.34. The number of hydrazone groups is 1. The molecule has 4 aromatic rings. The summed E-state index contributed by atoms with van der Waals surface area (Å²) in [6, 6.07) is 14.5. The minimum atomic E-state index is 0.385. The fourth-order valence-electron chi connectivity index (χ4n) is 3.39. The van der Waals surface area contributed by atoms with Gasteiger partial charge in [-0.3, -0.25) is 0 Å². The Bertz CT molecular complexity index is 1170. The van der Waals surface area contributed by atoms with Crippen LogP contribution in [0.3, 0.4) is 0 Å². The Morgan fingerprint density at radius 2 is 1.90 bits per heavy atom. The summed E-state index contributed by atoms with van der Waals surface area (Å²) >= 11 is 0. The van der Waals surface area contributed by atoms with Gasteiger partial charge in [-0.25, -0.2) is 5.43 Å². The van der Waals surface area contributed by atoms with E-state index in [2.05, 4.69) is 79.4 Å². The van der Waals surface area contributed by atoms with Crippen LogP contribution in [0, 0.1) is 6.92 Å². The Kier molecular flexibility index (Phi) is 5.12. The van der Waals surface area contributed by atoms with E-state index in [1.807, 2.05) is 26.2 Å². The van der Waals surface area contributed by atoms with Crippen LogP contribution in [-0.4, -0.2) is 40.1 Å². The highest BCUT2D eigenvalue weighted by atomic mass is 15.4. The molecule has 2 heterocycles. The van der Waals surface area contributed by atoms with Crippen LogP contribution in [0.4, 0.5) is 11.6 Å². The van der Waals surface area contributed by atoms with E-state index in [-0.39, 0.29) is 0 Å². The Labute approximate surface area is 170 Å². The molecule has 7 heteroatoms. The van der Waals surface area contributed by atoms with Crippen LogP contribution >= 0.6 is 0 Å². The van der Waals surface area contributed by atoms with Crippen LogP contribution in [0.2, 0.25) is 0 Å². The molecular formula is C22H25N7. The lowest BCUT2D eigenvalue weighted by Crippen LogP contribution is -2.08. The van der Waals surface area contributed by atoms with Crippen LogP contribution in [0.25, 0.3) is 22.1 Å². The maximum atomic E-state index is 4.69. The van der Waals surface area contributed by atoms with Gasteiger partial charge < -0.3 is 9.47 Å². The molecule has 0 unspecified atom stereocenters. The van der Waals surface area contributed by atoms with Crippen molar-refractivity contribution in [3.05, 3.63) is 53.6 Å². The van der Waals surface area contributed by atoms with Gasteiger partial charge in [0.15, 0.2) is 5.65 Å². The summed E-state index contributed by atoms with van der Waals surface area (Å²) in [5, 5.41) is 14.0. The van der Waals surface area contributed by atoms with Crippen molar-refractivity contribution >= 4 is 39.9 Å². The van der Waals surface area contributed by atoms with Gasteiger partial charge in [0, 0.05) is 31.7 Å². The van der Waals surface area contributed by atoms with Gasteiger partial charge >= 0.3 is 0 Å². The van der Waals surface area contributed by atoms with Crippen LogP contribution in [-0.2, 0) is 6.54 Å². The summed E-state index contributed by atoms with van der Waals surface area (Å²) in [4.78, 5) is 6.75. The number of aryl methyl sites for hydroxylation is 2. The molecule has 0 aliphatic heterocycles. The number of anilines is 2. The van der Waals surface area contributed by atoms with Crippen molar-refractivity contribution in [3.8, 4) is 0 Å². The van der Waals surface area contributed by atoms with E-state index in [0.717, 1.165) is 46.3 Å². The van der Waals surface area contributed by atoms with E-state index in [1.54, 1.807) is 6.21 Å². The zero-order chi connectivity index (χ0) is 20.4. The second-order valence-electron chi connectivity index (χ2n) is 7.34. The molecular weight excluding hydrogens is 362 g/mol. The topological polar surface area (TPSA) is 71.2 Å². The third-order valence-corrected chi connectivity index (χ3v) is 4.86. The first-order chi connectivity index (χ1) is 14.1.